The van der Waals surface area contributed by atoms with Crippen molar-refractivity contribution in [3.63, 3.8) is 0 Å². The summed E-state index contributed by atoms with van der Waals surface area (Å²) in [7, 11) is 2.88. The van der Waals surface area contributed by atoms with Crippen LogP contribution < -0.4 is 0 Å². The summed E-state index contributed by atoms with van der Waals surface area (Å²) in [6, 6.07) is 0. The van der Waals surface area contributed by atoms with Crippen LogP contribution in [0.25, 0.3) is 0 Å². The van der Waals surface area contributed by atoms with Crippen molar-refractivity contribution in [2.45, 2.75) is 6.54 Å². The highest BCUT2D eigenvalue weighted by molar-refractivity contribution is 8.11. The second-order valence-electron chi connectivity index (χ2n) is 2.12. The molecule has 0 fully saturated rings. The van der Waals surface area contributed by atoms with Gasteiger partial charge in [0.1, 0.15) is 5.01 Å². The van der Waals surface area contributed by atoms with E-state index in [1.165, 1.54) is 18.4 Å². The van der Waals surface area contributed by atoms with E-state index in [4.69, 9.17) is 10.7 Å². The van der Waals surface area contributed by atoms with Crippen LogP contribution in [0.15, 0.2) is 11.6 Å². The molecule has 1 rings (SSSR count). The lowest BCUT2D eigenvalue weighted by atomic mass is 10.7. The zero-order valence-electron chi connectivity index (χ0n) is 6.27. The molecule has 0 aliphatic rings. The molecule has 0 N–H and O–H groups in total. The minimum Gasteiger partial charge on any atom is -0.248 e. The Hall–Kier alpha value is -0.170. The second-order valence-corrected chi connectivity index (χ2v) is 5.72. The fourth-order valence-electron chi connectivity index (χ4n) is 0.599. The molecule has 4 nitrogen and oxygen atoms in total. The Morgan fingerprint density at radius 1 is 1.75 bits per heavy atom. The van der Waals surface area contributed by atoms with Crippen molar-refractivity contribution < 1.29 is 8.42 Å². The Morgan fingerprint density at radius 2 is 2.42 bits per heavy atom. The maximum absolute atomic E-state index is 10.7. The standard InChI is InChI=1S/C5H7ClN2O2S2/c1-8(12(6,9)10)4-5-7-2-3-11-5/h2-3H,4H2,1H3. The molecule has 68 valence electrons. The van der Waals surface area contributed by atoms with Gasteiger partial charge >= 0.3 is 0 Å². The number of hydrogen-bond donors (Lipinski definition) is 0. The maximum atomic E-state index is 10.7. The SMILES string of the molecule is CN(Cc1nccs1)S(=O)(=O)Cl. The van der Waals surface area contributed by atoms with E-state index in [1.807, 2.05) is 0 Å². The van der Waals surface area contributed by atoms with Crippen molar-refractivity contribution in [1.29, 1.82) is 0 Å². The molecular weight excluding hydrogens is 220 g/mol. The highest BCUT2D eigenvalue weighted by atomic mass is 35.7. The van der Waals surface area contributed by atoms with E-state index in [0.717, 1.165) is 9.31 Å². The molecule has 0 radical (unpaired) electrons. The quantitative estimate of drug-likeness (QED) is 0.725. The van der Waals surface area contributed by atoms with Gasteiger partial charge in [0.2, 0.25) is 0 Å². The van der Waals surface area contributed by atoms with E-state index in [0.29, 0.717) is 0 Å². The minimum absolute atomic E-state index is 0.226. The number of hydrogen-bond acceptors (Lipinski definition) is 4. The third kappa shape index (κ3) is 2.71. The molecule has 0 aliphatic carbocycles. The molecule has 0 amide bonds. The van der Waals surface area contributed by atoms with E-state index in [-0.39, 0.29) is 6.54 Å². The second kappa shape index (κ2) is 3.69. The van der Waals surface area contributed by atoms with Crippen LogP contribution in [0, 0.1) is 0 Å². The van der Waals surface area contributed by atoms with Crippen LogP contribution in [-0.2, 0) is 15.8 Å². The Labute approximate surface area is 79.3 Å². The largest absolute Gasteiger partial charge is 0.299 e. The van der Waals surface area contributed by atoms with Crippen LogP contribution in [-0.4, -0.2) is 24.8 Å². The monoisotopic (exact) mass is 226 g/mol. The third-order valence-corrected chi connectivity index (χ3v) is 3.56. The molecule has 0 aromatic carbocycles. The van der Waals surface area contributed by atoms with Crippen molar-refractivity contribution in [3.8, 4) is 0 Å². The molecule has 0 spiro atoms. The van der Waals surface area contributed by atoms with Gasteiger partial charge in [-0.2, -0.15) is 12.7 Å². The predicted octanol–water partition coefficient (Wildman–Crippen LogP) is 1.06. The lowest BCUT2D eigenvalue weighted by molar-refractivity contribution is 0.479. The average Bonchev–Trinajstić information content (AvgIpc) is 2.37. The van der Waals surface area contributed by atoms with Crippen LogP contribution in [0.3, 0.4) is 0 Å². The first-order valence-corrected chi connectivity index (χ1v) is 6.19. The molecule has 0 bridgehead atoms. The van der Waals surface area contributed by atoms with Gasteiger partial charge in [-0.1, -0.05) is 0 Å². The molecular formula is C5H7ClN2O2S2. The normalized spacial score (nSPS) is 12.2. The first-order chi connectivity index (χ1) is 5.50. The lowest BCUT2D eigenvalue weighted by Gasteiger charge is -2.08. The van der Waals surface area contributed by atoms with E-state index in [2.05, 4.69) is 4.98 Å². The van der Waals surface area contributed by atoms with E-state index in [1.54, 1.807) is 11.6 Å². The fraction of sp³-hybridized carbons (Fsp3) is 0.400. The minimum atomic E-state index is -3.61. The molecule has 1 aromatic heterocycles. The summed E-state index contributed by atoms with van der Waals surface area (Å²) < 4.78 is 22.5. The summed E-state index contributed by atoms with van der Waals surface area (Å²) in [5, 5.41) is 2.51. The Bertz CT molecular complexity index is 334. The first-order valence-electron chi connectivity index (χ1n) is 3.04. The molecule has 1 heterocycles. The van der Waals surface area contributed by atoms with Gasteiger partial charge in [-0.15, -0.1) is 11.3 Å². The van der Waals surface area contributed by atoms with Crippen molar-refractivity contribution in [3.05, 3.63) is 16.6 Å². The number of halogens is 1. The summed E-state index contributed by atoms with van der Waals surface area (Å²) in [4.78, 5) is 3.92. The smallest absolute Gasteiger partial charge is 0.248 e. The van der Waals surface area contributed by atoms with Crippen LogP contribution in [0.5, 0.6) is 0 Å². The number of thiazole rings is 1. The van der Waals surface area contributed by atoms with E-state index in [9.17, 15) is 8.42 Å². The summed E-state index contributed by atoms with van der Waals surface area (Å²) in [5.74, 6) is 0. The van der Waals surface area contributed by atoms with Crippen LogP contribution >= 0.6 is 22.0 Å². The molecule has 0 saturated heterocycles. The van der Waals surface area contributed by atoms with Gasteiger partial charge in [-0.25, -0.2) is 4.98 Å². The van der Waals surface area contributed by atoms with Gasteiger partial charge in [0, 0.05) is 29.3 Å². The Kier molecular flexibility index (Phi) is 3.05. The summed E-state index contributed by atoms with van der Waals surface area (Å²) in [6.07, 6.45) is 1.62. The Balaban J connectivity index is 2.66. The number of aromatic nitrogens is 1. The summed E-state index contributed by atoms with van der Waals surface area (Å²) in [5.41, 5.74) is 0. The van der Waals surface area contributed by atoms with Crippen molar-refractivity contribution >= 4 is 31.3 Å². The fourth-order valence-corrected chi connectivity index (χ4v) is 1.77. The average molecular weight is 227 g/mol. The van der Waals surface area contributed by atoms with Crippen molar-refractivity contribution in [2.75, 3.05) is 7.05 Å². The van der Waals surface area contributed by atoms with Gasteiger partial charge in [-0.3, -0.25) is 0 Å². The molecule has 7 heteroatoms. The van der Waals surface area contributed by atoms with Crippen molar-refractivity contribution in [1.82, 2.24) is 9.29 Å². The molecule has 12 heavy (non-hydrogen) atoms. The number of nitrogens with zero attached hydrogens (tertiary/aromatic N) is 2. The summed E-state index contributed by atoms with van der Waals surface area (Å²) >= 11 is 1.39. The van der Waals surface area contributed by atoms with Gasteiger partial charge in [0.05, 0.1) is 6.54 Å². The predicted molar refractivity (Wildman–Crippen MR) is 48.4 cm³/mol. The molecule has 1 aromatic rings. The highest BCUT2D eigenvalue weighted by Gasteiger charge is 2.14. The van der Waals surface area contributed by atoms with Gasteiger partial charge in [0.15, 0.2) is 0 Å². The lowest BCUT2D eigenvalue weighted by Crippen LogP contribution is -2.21. The van der Waals surface area contributed by atoms with Crippen LogP contribution in [0.4, 0.5) is 0 Å². The van der Waals surface area contributed by atoms with Gasteiger partial charge in [-0.05, 0) is 0 Å². The zero-order chi connectivity index (χ0) is 9.19. The van der Waals surface area contributed by atoms with E-state index < -0.39 is 9.24 Å². The molecule has 0 aliphatic heterocycles. The molecule has 0 atom stereocenters. The van der Waals surface area contributed by atoms with Crippen molar-refractivity contribution in [2.24, 2.45) is 0 Å². The van der Waals surface area contributed by atoms with Crippen LogP contribution in [0.2, 0.25) is 0 Å². The van der Waals surface area contributed by atoms with Gasteiger partial charge < -0.3 is 0 Å². The summed E-state index contributed by atoms with van der Waals surface area (Å²) in [6.45, 7) is 0.226. The zero-order valence-corrected chi connectivity index (χ0v) is 8.66. The first kappa shape index (κ1) is 9.91. The van der Waals surface area contributed by atoms with Gasteiger partial charge in [0.25, 0.3) is 9.24 Å². The highest BCUT2D eigenvalue weighted by Crippen LogP contribution is 2.11. The molecule has 0 unspecified atom stereocenters. The third-order valence-electron chi connectivity index (χ3n) is 1.21. The Morgan fingerprint density at radius 3 is 2.83 bits per heavy atom. The van der Waals surface area contributed by atoms with E-state index >= 15 is 0 Å². The number of rotatable bonds is 3. The van der Waals surface area contributed by atoms with Crippen LogP contribution in [0.1, 0.15) is 5.01 Å². The maximum Gasteiger partial charge on any atom is 0.299 e. The molecule has 0 saturated carbocycles. The topological polar surface area (TPSA) is 50.3 Å².